The van der Waals surface area contributed by atoms with Crippen molar-refractivity contribution in [3.63, 3.8) is 0 Å². The Morgan fingerprint density at radius 2 is 1.86 bits per heavy atom. The summed E-state index contributed by atoms with van der Waals surface area (Å²) in [6.07, 6.45) is 2.84. The van der Waals surface area contributed by atoms with Gasteiger partial charge in [-0.1, -0.05) is 55.8 Å². The van der Waals surface area contributed by atoms with Gasteiger partial charge in [0.1, 0.15) is 5.76 Å². The number of ketones is 1. The molecule has 0 fully saturated rings. The maximum Gasteiger partial charge on any atom is 0.239 e. The number of nitrogens with zero attached hydrogens (tertiary/aromatic N) is 1. The number of aryl methyl sites for hydroxylation is 1. The summed E-state index contributed by atoms with van der Waals surface area (Å²) in [5, 5.41) is 6.55. The molecule has 5 rings (SSSR count). The van der Waals surface area contributed by atoms with Gasteiger partial charge in [-0.2, -0.15) is 0 Å². The van der Waals surface area contributed by atoms with E-state index in [2.05, 4.69) is 53.6 Å². The lowest BCUT2D eigenvalue weighted by Crippen LogP contribution is -2.41. The van der Waals surface area contributed by atoms with Crippen molar-refractivity contribution in [1.29, 1.82) is 0 Å². The van der Waals surface area contributed by atoms with Gasteiger partial charge >= 0.3 is 0 Å². The van der Waals surface area contributed by atoms with E-state index in [9.17, 15) is 9.59 Å². The van der Waals surface area contributed by atoms with Crippen LogP contribution in [0.1, 0.15) is 49.6 Å². The Morgan fingerprint density at radius 1 is 1.09 bits per heavy atom. The minimum Gasteiger partial charge on any atom is -0.467 e. The molecule has 6 nitrogen and oxygen atoms in total. The van der Waals surface area contributed by atoms with Gasteiger partial charge in [-0.15, -0.1) is 0 Å². The average Bonchev–Trinajstić information content (AvgIpc) is 3.29. The van der Waals surface area contributed by atoms with Crippen LogP contribution in [0, 0.1) is 12.3 Å². The van der Waals surface area contributed by atoms with E-state index in [0.717, 1.165) is 40.2 Å². The van der Waals surface area contributed by atoms with Gasteiger partial charge < -0.3 is 20.0 Å². The number of rotatable bonds is 5. The monoisotopic (exact) mass is 469 g/mol. The molecule has 1 amide bonds. The number of fused-ring (bicyclic) bond motifs is 1. The number of carbonyl (C=O) groups is 2. The third-order valence-corrected chi connectivity index (χ3v) is 6.75. The van der Waals surface area contributed by atoms with Crippen LogP contribution in [-0.4, -0.2) is 18.2 Å². The van der Waals surface area contributed by atoms with Gasteiger partial charge in [0, 0.05) is 17.7 Å². The quantitative estimate of drug-likeness (QED) is 0.515. The van der Waals surface area contributed by atoms with E-state index in [1.165, 1.54) is 0 Å². The number of furan rings is 1. The number of carbonyl (C=O) groups excluding carboxylic acids is 2. The summed E-state index contributed by atoms with van der Waals surface area (Å²) in [6, 6.07) is 19.5. The molecule has 2 aliphatic rings. The lowest BCUT2D eigenvalue weighted by molar-refractivity contribution is -0.121. The van der Waals surface area contributed by atoms with E-state index >= 15 is 0 Å². The number of hydrogen-bond acceptors (Lipinski definition) is 5. The smallest absolute Gasteiger partial charge is 0.239 e. The Kier molecular flexibility index (Phi) is 5.97. The first-order chi connectivity index (χ1) is 16.8. The van der Waals surface area contributed by atoms with Crippen molar-refractivity contribution in [2.45, 2.75) is 46.2 Å². The summed E-state index contributed by atoms with van der Waals surface area (Å²) in [4.78, 5) is 28.9. The Morgan fingerprint density at radius 3 is 2.60 bits per heavy atom. The second-order valence-electron chi connectivity index (χ2n) is 10.3. The van der Waals surface area contributed by atoms with Crippen LogP contribution in [0.4, 0.5) is 11.4 Å². The molecule has 0 saturated heterocycles. The van der Waals surface area contributed by atoms with Crippen LogP contribution in [0.15, 0.2) is 82.6 Å². The van der Waals surface area contributed by atoms with Crippen molar-refractivity contribution in [1.82, 2.24) is 5.32 Å². The molecule has 2 aromatic carbocycles. The standard InChI is InChI=1S/C29H31N3O3/c1-19-10-12-20(13-11-19)28-27-23(15-29(2,3)16-25(27)33)31-22-8-4-5-9-24(22)32(28)18-26(34)30-17-21-7-6-14-35-21/h4-14,28,31H,15-18H2,1-3H3,(H,30,34)/t28-/m0/s1. The number of anilines is 2. The van der Waals surface area contributed by atoms with Gasteiger partial charge in [0.2, 0.25) is 5.91 Å². The summed E-state index contributed by atoms with van der Waals surface area (Å²) in [5.41, 5.74) is 5.50. The minimum atomic E-state index is -0.375. The van der Waals surface area contributed by atoms with Gasteiger partial charge in [0.25, 0.3) is 0 Å². The van der Waals surface area contributed by atoms with E-state index in [0.29, 0.717) is 18.7 Å². The van der Waals surface area contributed by atoms with Gasteiger partial charge in [0.05, 0.1) is 36.8 Å². The molecule has 2 N–H and O–H groups in total. The van der Waals surface area contributed by atoms with Crippen LogP contribution >= 0.6 is 0 Å². The minimum absolute atomic E-state index is 0.103. The number of para-hydroxylation sites is 2. The highest BCUT2D eigenvalue weighted by Gasteiger charge is 2.41. The summed E-state index contributed by atoms with van der Waals surface area (Å²) >= 11 is 0. The first kappa shape index (κ1) is 23.0. The molecule has 1 atom stereocenters. The maximum atomic E-state index is 13.7. The van der Waals surface area contributed by atoms with Crippen molar-refractivity contribution in [2.24, 2.45) is 5.41 Å². The zero-order valence-corrected chi connectivity index (χ0v) is 20.4. The number of amides is 1. The highest BCUT2D eigenvalue weighted by atomic mass is 16.3. The molecule has 0 saturated carbocycles. The Labute approximate surface area is 206 Å². The molecule has 0 unspecified atom stereocenters. The lowest BCUT2D eigenvalue weighted by Gasteiger charge is -2.38. The molecule has 180 valence electrons. The fourth-order valence-corrected chi connectivity index (χ4v) is 5.13. The van der Waals surface area contributed by atoms with E-state index in [1.807, 2.05) is 37.3 Å². The van der Waals surface area contributed by atoms with Crippen molar-refractivity contribution >= 4 is 23.1 Å². The predicted molar refractivity (Wildman–Crippen MR) is 137 cm³/mol. The van der Waals surface area contributed by atoms with Crippen LogP contribution in [0.2, 0.25) is 0 Å². The molecule has 0 radical (unpaired) electrons. The van der Waals surface area contributed by atoms with E-state index < -0.39 is 0 Å². The maximum absolute atomic E-state index is 13.7. The zero-order valence-electron chi connectivity index (χ0n) is 20.4. The van der Waals surface area contributed by atoms with Gasteiger partial charge in [-0.25, -0.2) is 0 Å². The summed E-state index contributed by atoms with van der Waals surface area (Å²) in [6.45, 7) is 6.73. The van der Waals surface area contributed by atoms with Gasteiger partial charge in [-0.05, 0) is 48.6 Å². The third-order valence-electron chi connectivity index (χ3n) is 6.75. The van der Waals surface area contributed by atoms with E-state index in [1.54, 1.807) is 12.3 Å². The van der Waals surface area contributed by atoms with Crippen molar-refractivity contribution in [2.75, 3.05) is 16.8 Å². The number of allylic oxidation sites excluding steroid dienone is 1. The molecular formula is C29H31N3O3. The van der Waals surface area contributed by atoms with E-state index in [-0.39, 0.29) is 29.7 Å². The Bertz CT molecular complexity index is 1270. The zero-order chi connectivity index (χ0) is 24.6. The summed E-state index contributed by atoms with van der Waals surface area (Å²) < 4.78 is 5.37. The molecule has 1 aliphatic heterocycles. The Balaban J connectivity index is 1.60. The Hall–Kier alpha value is -3.80. The molecule has 3 aromatic rings. The van der Waals surface area contributed by atoms with Crippen LogP contribution in [0.25, 0.3) is 0 Å². The van der Waals surface area contributed by atoms with Crippen LogP contribution < -0.4 is 15.5 Å². The highest BCUT2D eigenvalue weighted by molar-refractivity contribution is 6.01. The van der Waals surface area contributed by atoms with Gasteiger partial charge in [0.15, 0.2) is 5.78 Å². The number of benzene rings is 2. The number of hydrogen-bond donors (Lipinski definition) is 2. The molecule has 0 spiro atoms. The number of Topliss-reactive ketones (excluding diaryl/α,β-unsaturated/α-hetero) is 1. The molecule has 1 aliphatic carbocycles. The second kappa shape index (κ2) is 9.10. The first-order valence-electron chi connectivity index (χ1n) is 12.1. The topological polar surface area (TPSA) is 74.6 Å². The average molecular weight is 470 g/mol. The van der Waals surface area contributed by atoms with Crippen molar-refractivity contribution in [3.8, 4) is 0 Å². The lowest BCUT2D eigenvalue weighted by atomic mass is 9.73. The SMILES string of the molecule is Cc1ccc([C@H]2C3=C(CC(C)(C)CC3=O)Nc3ccccc3N2CC(=O)NCc2ccco2)cc1. The summed E-state index contributed by atoms with van der Waals surface area (Å²) in [7, 11) is 0. The number of nitrogens with one attached hydrogen (secondary N) is 2. The third kappa shape index (κ3) is 4.74. The highest BCUT2D eigenvalue weighted by Crippen LogP contribution is 2.48. The predicted octanol–water partition coefficient (Wildman–Crippen LogP) is 5.52. The molecule has 35 heavy (non-hydrogen) atoms. The molecule has 6 heteroatoms. The van der Waals surface area contributed by atoms with Crippen molar-refractivity contribution < 1.29 is 14.0 Å². The van der Waals surface area contributed by atoms with Crippen molar-refractivity contribution in [3.05, 3.63) is 95.1 Å². The second-order valence-corrected chi connectivity index (χ2v) is 10.3. The van der Waals surface area contributed by atoms with Gasteiger partial charge in [-0.3, -0.25) is 9.59 Å². The fourth-order valence-electron chi connectivity index (χ4n) is 5.13. The fraction of sp³-hybridized carbons (Fsp3) is 0.310. The molecule has 0 bridgehead atoms. The van der Waals surface area contributed by atoms with Crippen LogP contribution in [-0.2, 0) is 16.1 Å². The first-order valence-corrected chi connectivity index (χ1v) is 12.1. The molecular weight excluding hydrogens is 438 g/mol. The van der Waals surface area contributed by atoms with Crippen LogP contribution in [0.5, 0.6) is 0 Å². The normalized spacial score (nSPS) is 18.9. The largest absolute Gasteiger partial charge is 0.467 e. The van der Waals surface area contributed by atoms with Crippen LogP contribution in [0.3, 0.4) is 0 Å². The van der Waals surface area contributed by atoms with E-state index in [4.69, 9.17) is 4.42 Å². The molecule has 2 heterocycles. The molecule has 1 aromatic heterocycles. The summed E-state index contributed by atoms with van der Waals surface area (Å²) in [5.74, 6) is 0.685.